The van der Waals surface area contributed by atoms with E-state index in [2.05, 4.69) is 10.6 Å². The Labute approximate surface area is 186 Å². The highest BCUT2D eigenvalue weighted by Crippen LogP contribution is 2.36. The molecule has 166 valence electrons. The van der Waals surface area contributed by atoms with Crippen LogP contribution in [-0.4, -0.2) is 42.0 Å². The van der Waals surface area contributed by atoms with Crippen LogP contribution in [0.2, 0.25) is 5.02 Å². The molecule has 0 bridgehead atoms. The fraction of sp³-hybridized carbons (Fsp3) is 0.250. The van der Waals surface area contributed by atoms with Crippen LogP contribution in [0.25, 0.3) is 0 Å². The van der Waals surface area contributed by atoms with Gasteiger partial charge in [-0.1, -0.05) is 11.6 Å². The highest BCUT2D eigenvalue weighted by Gasteiger charge is 2.33. The number of benzene rings is 2. The normalized spacial score (nSPS) is 11.0. The average molecular weight is 474 g/mol. The van der Waals surface area contributed by atoms with E-state index in [-0.39, 0.29) is 29.8 Å². The number of halogens is 4. The Balaban J connectivity index is 1.87. The Kier molecular flexibility index (Phi) is 8.35. The lowest BCUT2D eigenvalue weighted by molar-refractivity contribution is -0.137. The SMILES string of the molecule is CC(=O)Nc1ccc(SCC(=O)N(C)CC(=O)Nc2ccc(Cl)c(C(F)(F)F)c2)cc1. The summed E-state index contributed by atoms with van der Waals surface area (Å²) in [6.07, 6.45) is -4.65. The van der Waals surface area contributed by atoms with Crippen LogP contribution in [0.5, 0.6) is 0 Å². The van der Waals surface area contributed by atoms with Gasteiger partial charge >= 0.3 is 6.18 Å². The van der Waals surface area contributed by atoms with Crippen molar-refractivity contribution >= 4 is 52.5 Å². The number of hydrogen-bond donors (Lipinski definition) is 2. The number of carbonyl (C=O) groups is 3. The third-order valence-corrected chi connectivity index (χ3v) is 5.23. The van der Waals surface area contributed by atoms with E-state index in [4.69, 9.17) is 11.6 Å². The minimum absolute atomic E-state index is 0.0580. The average Bonchev–Trinajstić information content (AvgIpc) is 2.67. The predicted molar refractivity (Wildman–Crippen MR) is 114 cm³/mol. The third kappa shape index (κ3) is 7.80. The number of rotatable bonds is 7. The summed E-state index contributed by atoms with van der Waals surface area (Å²) in [5.41, 5.74) is -0.499. The molecule has 31 heavy (non-hydrogen) atoms. The van der Waals surface area contributed by atoms with Crippen molar-refractivity contribution in [2.45, 2.75) is 18.0 Å². The summed E-state index contributed by atoms with van der Waals surface area (Å²) in [5.74, 6) is -1.11. The first-order chi connectivity index (χ1) is 14.5. The molecule has 0 saturated carbocycles. The zero-order valence-electron chi connectivity index (χ0n) is 16.5. The Morgan fingerprint density at radius 1 is 1.03 bits per heavy atom. The van der Waals surface area contributed by atoms with Crippen molar-refractivity contribution in [2.24, 2.45) is 0 Å². The van der Waals surface area contributed by atoms with Crippen molar-refractivity contribution in [3.63, 3.8) is 0 Å². The number of hydrogen-bond acceptors (Lipinski definition) is 4. The fourth-order valence-corrected chi connectivity index (χ4v) is 3.48. The Morgan fingerprint density at radius 2 is 1.65 bits per heavy atom. The van der Waals surface area contributed by atoms with Gasteiger partial charge in [0.15, 0.2) is 0 Å². The van der Waals surface area contributed by atoms with Crippen molar-refractivity contribution in [2.75, 3.05) is 30.0 Å². The molecule has 0 saturated heterocycles. The molecular formula is C20H19ClF3N3O3S. The highest BCUT2D eigenvalue weighted by atomic mass is 35.5. The molecule has 0 atom stereocenters. The lowest BCUT2D eigenvalue weighted by Crippen LogP contribution is -2.36. The van der Waals surface area contributed by atoms with E-state index in [1.807, 2.05) is 0 Å². The van der Waals surface area contributed by atoms with Gasteiger partial charge in [0.1, 0.15) is 0 Å². The van der Waals surface area contributed by atoms with E-state index in [0.717, 1.165) is 17.0 Å². The lowest BCUT2D eigenvalue weighted by atomic mass is 10.2. The first kappa shape index (κ1) is 24.5. The molecule has 2 aromatic rings. The van der Waals surface area contributed by atoms with Gasteiger partial charge in [-0.25, -0.2) is 0 Å². The first-order valence-corrected chi connectivity index (χ1v) is 10.2. The maximum Gasteiger partial charge on any atom is 0.417 e. The topological polar surface area (TPSA) is 78.5 Å². The van der Waals surface area contributed by atoms with Gasteiger partial charge < -0.3 is 15.5 Å². The van der Waals surface area contributed by atoms with Gasteiger partial charge in [0.25, 0.3) is 0 Å². The summed E-state index contributed by atoms with van der Waals surface area (Å²) in [6, 6.07) is 9.92. The molecule has 0 radical (unpaired) electrons. The fourth-order valence-electron chi connectivity index (χ4n) is 2.42. The molecule has 0 aliphatic rings. The third-order valence-electron chi connectivity index (χ3n) is 3.90. The van der Waals surface area contributed by atoms with E-state index >= 15 is 0 Å². The molecule has 0 unspecified atom stereocenters. The van der Waals surface area contributed by atoms with Crippen LogP contribution in [-0.2, 0) is 20.6 Å². The van der Waals surface area contributed by atoms with Gasteiger partial charge in [0.05, 0.1) is 22.9 Å². The van der Waals surface area contributed by atoms with Crippen LogP contribution in [0.3, 0.4) is 0 Å². The van der Waals surface area contributed by atoms with Gasteiger partial charge in [0.2, 0.25) is 17.7 Å². The van der Waals surface area contributed by atoms with Crippen LogP contribution in [0, 0.1) is 0 Å². The maximum atomic E-state index is 12.9. The Bertz CT molecular complexity index is 968. The van der Waals surface area contributed by atoms with Gasteiger partial charge in [-0.05, 0) is 42.5 Å². The van der Waals surface area contributed by atoms with E-state index in [9.17, 15) is 27.6 Å². The second-order valence-electron chi connectivity index (χ2n) is 6.48. The summed E-state index contributed by atoms with van der Waals surface area (Å²) in [5, 5.41) is 4.49. The highest BCUT2D eigenvalue weighted by molar-refractivity contribution is 8.00. The van der Waals surface area contributed by atoms with Gasteiger partial charge in [-0.15, -0.1) is 11.8 Å². The van der Waals surface area contributed by atoms with E-state index in [0.29, 0.717) is 5.69 Å². The van der Waals surface area contributed by atoms with Gasteiger partial charge in [-0.2, -0.15) is 13.2 Å². The smallest absolute Gasteiger partial charge is 0.336 e. The number of carbonyl (C=O) groups excluding carboxylic acids is 3. The number of thioether (sulfide) groups is 1. The van der Waals surface area contributed by atoms with Crippen LogP contribution >= 0.6 is 23.4 Å². The van der Waals surface area contributed by atoms with Crippen molar-refractivity contribution < 1.29 is 27.6 Å². The first-order valence-electron chi connectivity index (χ1n) is 8.86. The Morgan fingerprint density at radius 3 is 2.23 bits per heavy atom. The largest absolute Gasteiger partial charge is 0.417 e. The molecule has 2 N–H and O–H groups in total. The predicted octanol–water partition coefficient (Wildman–Crippen LogP) is 4.51. The molecular weight excluding hydrogens is 455 g/mol. The van der Waals surface area contributed by atoms with Crippen molar-refractivity contribution in [3.05, 3.63) is 53.1 Å². The van der Waals surface area contributed by atoms with E-state index < -0.39 is 22.7 Å². The number of anilines is 2. The summed E-state index contributed by atoms with van der Waals surface area (Å²) in [4.78, 5) is 37.3. The minimum Gasteiger partial charge on any atom is -0.336 e. The molecule has 0 aromatic heterocycles. The second-order valence-corrected chi connectivity index (χ2v) is 7.94. The number of amides is 3. The van der Waals surface area contributed by atoms with Gasteiger partial charge in [0, 0.05) is 30.2 Å². The number of nitrogens with one attached hydrogen (secondary N) is 2. The van der Waals surface area contributed by atoms with E-state index in [1.165, 1.54) is 36.7 Å². The van der Waals surface area contributed by atoms with E-state index in [1.54, 1.807) is 24.3 Å². The molecule has 0 spiro atoms. The van der Waals surface area contributed by atoms with Crippen molar-refractivity contribution in [1.82, 2.24) is 4.90 Å². The minimum atomic E-state index is -4.65. The number of alkyl halides is 3. The molecule has 0 aliphatic heterocycles. The summed E-state index contributed by atoms with van der Waals surface area (Å²) in [7, 11) is 1.42. The van der Waals surface area contributed by atoms with Crippen LogP contribution in [0.15, 0.2) is 47.4 Å². The molecule has 0 fully saturated rings. The monoisotopic (exact) mass is 473 g/mol. The van der Waals surface area contributed by atoms with Crippen LogP contribution in [0.4, 0.5) is 24.5 Å². The van der Waals surface area contributed by atoms with Crippen LogP contribution < -0.4 is 10.6 Å². The molecule has 3 amide bonds. The number of nitrogens with zero attached hydrogens (tertiary/aromatic N) is 1. The quantitative estimate of drug-likeness (QED) is 0.580. The van der Waals surface area contributed by atoms with Crippen molar-refractivity contribution in [3.8, 4) is 0 Å². The summed E-state index contributed by atoms with van der Waals surface area (Å²) in [6.45, 7) is 1.07. The molecule has 2 rings (SSSR count). The molecule has 0 aliphatic carbocycles. The Hall–Kier alpha value is -2.72. The standard InChI is InChI=1S/C20H19ClF3N3O3S/c1-12(28)25-13-3-6-15(7-4-13)31-11-19(30)27(2)10-18(29)26-14-5-8-17(21)16(9-14)20(22,23)24/h3-9H,10-11H2,1-2H3,(H,25,28)(H,26,29). The van der Waals surface area contributed by atoms with Crippen LogP contribution in [0.1, 0.15) is 12.5 Å². The molecule has 2 aromatic carbocycles. The molecule has 0 heterocycles. The molecule has 6 nitrogen and oxygen atoms in total. The second kappa shape index (κ2) is 10.5. The van der Waals surface area contributed by atoms with Crippen molar-refractivity contribution in [1.29, 1.82) is 0 Å². The zero-order chi connectivity index (χ0) is 23.2. The summed E-state index contributed by atoms with van der Waals surface area (Å²) >= 11 is 6.80. The maximum absolute atomic E-state index is 12.9. The van der Waals surface area contributed by atoms with Gasteiger partial charge in [-0.3, -0.25) is 14.4 Å². The zero-order valence-corrected chi connectivity index (χ0v) is 18.1. The number of likely N-dealkylation sites (N-methyl/N-ethyl adjacent to an activating group) is 1. The summed E-state index contributed by atoms with van der Waals surface area (Å²) < 4.78 is 38.7. The molecule has 11 heteroatoms. The lowest BCUT2D eigenvalue weighted by Gasteiger charge is -2.17.